The number of aliphatic hydroxyl groups is 1. The van der Waals surface area contributed by atoms with Crippen LogP contribution < -0.4 is 21.1 Å². The zero-order valence-electron chi connectivity index (χ0n) is 22.8. The highest BCUT2D eigenvalue weighted by atomic mass is 16.6. The number of ether oxygens (including phenoxy) is 3. The molecule has 0 unspecified atom stereocenters. The average Bonchev–Trinajstić information content (AvgIpc) is 2.98. The summed E-state index contributed by atoms with van der Waals surface area (Å²) in [5, 5.41) is 23.7. The summed E-state index contributed by atoms with van der Waals surface area (Å²) in [5.74, 6) is 0.117. The fourth-order valence-electron chi connectivity index (χ4n) is 4.01. The minimum atomic E-state index is -0.880. The van der Waals surface area contributed by atoms with Crippen molar-refractivity contribution in [2.45, 2.75) is 32.0 Å². The summed E-state index contributed by atoms with van der Waals surface area (Å²) in [6, 6.07) is 22.5. The van der Waals surface area contributed by atoms with Crippen molar-refractivity contribution in [3.05, 3.63) is 96.1 Å². The zero-order chi connectivity index (χ0) is 29.5. The normalized spacial score (nSPS) is 12.2. The number of nitrogen functional groups attached to an aromatic ring is 1. The lowest BCUT2D eigenvalue weighted by atomic mass is 9.99. The largest absolute Gasteiger partial charge is 0.491 e. The Kier molecular flexibility index (Phi) is 12.2. The maximum absolute atomic E-state index is 13.0. The number of aliphatic hydroxyl groups excluding tert-OH is 1. The molecular formula is C31H34N4O6. The van der Waals surface area contributed by atoms with Crippen molar-refractivity contribution in [2.75, 3.05) is 36.2 Å². The maximum Gasteiger partial charge on any atom is 0.412 e. The summed E-state index contributed by atoms with van der Waals surface area (Å²) < 4.78 is 17.6. The number of allylic oxidation sites excluding steroid dienone is 1. The van der Waals surface area contributed by atoms with E-state index in [1.54, 1.807) is 78.9 Å². The predicted molar refractivity (Wildman–Crippen MR) is 156 cm³/mol. The van der Waals surface area contributed by atoms with Gasteiger partial charge in [-0.15, -0.1) is 0 Å². The third-order valence-electron chi connectivity index (χ3n) is 5.89. The first-order valence-electron chi connectivity index (χ1n) is 13.2. The molecule has 0 aliphatic heterocycles. The monoisotopic (exact) mass is 558 g/mol. The van der Waals surface area contributed by atoms with E-state index in [1.165, 1.54) is 6.08 Å². The Hall–Kier alpha value is -4.85. The highest BCUT2D eigenvalue weighted by molar-refractivity contribution is 6.01. The number of nitriles is 1. The number of nitrogens with two attached hydrogens (primary N) is 1. The predicted octanol–water partition coefficient (Wildman–Crippen LogP) is 5.18. The molecule has 0 fully saturated rings. The van der Waals surface area contributed by atoms with Gasteiger partial charge in [-0.25, -0.2) is 4.79 Å². The van der Waals surface area contributed by atoms with Crippen LogP contribution in [0.1, 0.15) is 37.0 Å². The Morgan fingerprint density at radius 2 is 1.78 bits per heavy atom. The Morgan fingerprint density at radius 1 is 1.05 bits per heavy atom. The van der Waals surface area contributed by atoms with E-state index in [0.29, 0.717) is 53.4 Å². The lowest BCUT2D eigenvalue weighted by molar-refractivity contribution is -0.111. The first-order chi connectivity index (χ1) is 19.9. The number of benzene rings is 3. The highest BCUT2D eigenvalue weighted by Crippen LogP contribution is 2.34. The van der Waals surface area contributed by atoms with Crippen LogP contribution in [0.5, 0.6) is 5.75 Å². The fraction of sp³-hybridized carbons (Fsp3) is 0.258. The molecule has 2 amide bonds. The standard InChI is InChI=1S/C31H34N4O6/c1-2-39-28(13-7-8-14-29(37)35-26-11-5-4-10-25(26)33)30(24-9-3-6-12-27(24)40-20-19-36)41-31(38)34-23-17-15-22(21-32)16-18-23/h3-6,8-12,14-18,28,30,36H,2,7,13,19-20,33H2,1H3,(H,34,38)(H,35,37)/b14-8+/t28-,30-/m0/s1. The van der Waals surface area contributed by atoms with Gasteiger partial charge in [-0.2, -0.15) is 5.26 Å². The van der Waals surface area contributed by atoms with Crippen molar-refractivity contribution in [1.82, 2.24) is 0 Å². The number of hydrogen-bond donors (Lipinski definition) is 4. The summed E-state index contributed by atoms with van der Waals surface area (Å²) in [5.41, 5.74) is 8.36. The van der Waals surface area contributed by atoms with Crippen molar-refractivity contribution < 1.29 is 28.9 Å². The van der Waals surface area contributed by atoms with Crippen molar-refractivity contribution in [3.63, 3.8) is 0 Å². The molecule has 0 spiro atoms. The second kappa shape index (κ2) is 16.3. The Morgan fingerprint density at radius 3 is 2.49 bits per heavy atom. The minimum absolute atomic E-state index is 0.0598. The van der Waals surface area contributed by atoms with Gasteiger partial charge in [0.2, 0.25) is 5.91 Å². The first-order valence-corrected chi connectivity index (χ1v) is 13.2. The van der Waals surface area contributed by atoms with E-state index < -0.39 is 18.3 Å². The van der Waals surface area contributed by atoms with Crippen LogP contribution in [-0.2, 0) is 14.3 Å². The van der Waals surface area contributed by atoms with E-state index in [9.17, 15) is 14.7 Å². The highest BCUT2D eigenvalue weighted by Gasteiger charge is 2.30. The first kappa shape index (κ1) is 30.7. The number of anilines is 3. The SMILES string of the molecule is CCO[C@@H](CC/C=C/C(=O)Nc1ccccc1N)[C@@H](OC(=O)Nc1ccc(C#N)cc1)c1ccccc1OCCO. The Labute approximate surface area is 239 Å². The van der Waals surface area contributed by atoms with Gasteiger partial charge in [0, 0.05) is 17.9 Å². The molecule has 0 saturated carbocycles. The van der Waals surface area contributed by atoms with Gasteiger partial charge < -0.3 is 30.4 Å². The summed E-state index contributed by atoms with van der Waals surface area (Å²) >= 11 is 0. The second-order valence-electron chi connectivity index (χ2n) is 8.80. The van der Waals surface area contributed by atoms with E-state index in [0.717, 1.165) is 0 Å². The quantitative estimate of drug-likeness (QED) is 0.156. The van der Waals surface area contributed by atoms with Crippen molar-refractivity contribution in [1.29, 1.82) is 5.26 Å². The molecule has 0 aromatic heterocycles. The van der Waals surface area contributed by atoms with Crippen molar-refractivity contribution in [3.8, 4) is 11.8 Å². The molecule has 0 bridgehead atoms. The summed E-state index contributed by atoms with van der Waals surface area (Å²) in [7, 11) is 0. The minimum Gasteiger partial charge on any atom is -0.491 e. The molecule has 10 nitrogen and oxygen atoms in total. The molecule has 41 heavy (non-hydrogen) atoms. The molecule has 0 aliphatic carbocycles. The van der Waals surface area contributed by atoms with Gasteiger partial charge in [-0.05, 0) is 68.3 Å². The molecule has 3 aromatic carbocycles. The summed E-state index contributed by atoms with van der Waals surface area (Å²) in [6.07, 6.45) is 1.78. The van der Waals surface area contributed by atoms with Crippen LogP contribution >= 0.6 is 0 Å². The van der Waals surface area contributed by atoms with Gasteiger partial charge >= 0.3 is 6.09 Å². The van der Waals surface area contributed by atoms with Crippen LogP contribution in [0.15, 0.2) is 84.9 Å². The van der Waals surface area contributed by atoms with Crippen LogP contribution in [0.25, 0.3) is 0 Å². The van der Waals surface area contributed by atoms with Crippen LogP contribution in [0.2, 0.25) is 0 Å². The Balaban J connectivity index is 1.77. The number of para-hydroxylation sites is 3. The number of nitrogens with one attached hydrogen (secondary N) is 2. The van der Waals surface area contributed by atoms with E-state index in [-0.39, 0.29) is 19.1 Å². The average molecular weight is 559 g/mol. The molecular weight excluding hydrogens is 524 g/mol. The smallest absolute Gasteiger partial charge is 0.412 e. The third-order valence-corrected chi connectivity index (χ3v) is 5.89. The molecule has 0 saturated heterocycles. The van der Waals surface area contributed by atoms with E-state index in [4.69, 9.17) is 25.2 Å². The van der Waals surface area contributed by atoms with Gasteiger partial charge in [0.05, 0.1) is 35.7 Å². The molecule has 5 N–H and O–H groups in total. The number of amides is 2. The van der Waals surface area contributed by atoms with Crippen LogP contribution in [-0.4, -0.2) is 43.0 Å². The molecule has 3 aromatic rings. The Bertz CT molecular complexity index is 1350. The number of rotatable bonds is 14. The van der Waals surface area contributed by atoms with Crippen LogP contribution in [0.3, 0.4) is 0 Å². The molecule has 2 atom stereocenters. The molecule has 3 rings (SSSR count). The topological polar surface area (TPSA) is 156 Å². The number of nitrogens with zero attached hydrogens (tertiary/aromatic N) is 1. The van der Waals surface area contributed by atoms with Crippen LogP contribution in [0.4, 0.5) is 21.9 Å². The fourth-order valence-corrected chi connectivity index (χ4v) is 4.01. The van der Waals surface area contributed by atoms with Crippen LogP contribution in [0, 0.1) is 11.3 Å². The van der Waals surface area contributed by atoms with E-state index in [1.807, 2.05) is 13.0 Å². The van der Waals surface area contributed by atoms with E-state index in [2.05, 4.69) is 10.6 Å². The van der Waals surface area contributed by atoms with Gasteiger partial charge in [-0.3, -0.25) is 10.1 Å². The van der Waals surface area contributed by atoms with Gasteiger partial charge in [0.1, 0.15) is 12.4 Å². The third kappa shape index (κ3) is 9.69. The van der Waals surface area contributed by atoms with Gasteiger partial charge in [-0.1, -0.05) is 36.4 Å². The number of hydrogen-bond acceptors (Lipinski definition) is 8. The number of carbonyl (C=O) groups is 2. The number of carbonyl (C=O) groups excluding carboxylic acids is 2. The second-order valence-corrected chi connectivity index (χ2v) is 8.80. The molecule has 0 heterocycles. The van der Waals surface area contributed by atoms with Gasteiger partial charge in [0.15, 0.2) is 6.10 Å². The van der Waals surface area contributed by atoms with Crippen molar-refractivity contribution in [2.24, 2.45) is 0 Å². The summed E-state index contributed by atoms with van der Waals surface area (Å²) in [6.45, 7) is 2.06. The summed E-state index contributed by atoms with van der Waals surface area (Å²) in [4.78, 5) is 25.4. The molecule has 214 valence electrons. The van der Waals surface area contributed by atoms with Gasteiger partial charge in [0.25, 0.3) is 0 Å². The van der Waals surface area contributed by atoms with E-state index >= 15 is 0 Å². The molecule has 0 aliphatic rings. The molecule has 10 heteroatoms. The molecule has 0 radical (unpaired) electrons. The maximum atomic E-state index is 13.0. The lowest BCUT2D eigenvalue weighted by Crippen LogP contribution is -2.29. The van der Waals surface area contributed by atoms with Crippen molar-refractivity contribution >= 4 is 29.1 Å². The lowest BCUT2D eigenvalue weighted by Gasteiger charge is -2.28. The zero-order valence-corrected chi connectivity index (χ0v) is 22.8.